The number of methoxy groups -OCH3 is 1. The molecular weight excluding hydrogens is 256 g/mol. The third-order valence-corrected chi connectivity index (χ3v) is 3.47. The molecule has 92 valence electrons. The van der Waals surface area contributed by atoms with E-state index in [1.54, 1.807) is 18.4 Å². The minimum atomic E-state index is -0.133. The number of thiazole rings is 1. The van der Waals surface area contributed by atoms with Crippen LogP contribution in [0.15, 0.2) is 18.2 Å². The topological polar surface area (TPSA) is 34.1 Å². The predicted molar refractivity (Wildman–Crippen MR) is 74.2 cm³/mol. The summed E-state index contributed by atoms with van der Waals surface area (Å²) in [6.07, 6.45) is 0. The number of ether oxygens (including phenoxy) is 1. The van der Waals surface area contributed by atoms with Crippen LogP contribution in [0.25, 0.3) is 10.2 Å². The number of halogens is 1. The van der Waals surface area contributed by atoms with E-state index in [-0.39, 0.29) is 5.54 Å². The van der Waals surface area contributed by atoms with Gasteiger partial charge in [0, 0.05) is 12.1 Å². The molecule has 17 heavy (non-hydrogen) atoms. The van der Waals surface area contributed by atoms with Crippen molar-refractivity contribution in [2.45, 2.75) is 19.4 Å². The fourth-order valence-electron chi connectivity index (χ4n) is 1.64. The highest BCUT2D eigenvalue weighted by atomic mass is 35.5. The van der Waals surface area contributed by atoms with Crippen LogP contribution in [0.2, 0.25) is 5.02 Å². The van der Waals surface area contributed by atoms with Gasteiger partial charge in [0.05, 0.1) is 22.4 Å². The van der Waals surface area contributed by atoms with Crippen LogP contribution in [0, 0.1) is 0 Å². The Morgan fingerprint density at radius 1 is 1.47 bits per heavy atom. The van der Waals surface area contributed by atoms with Gasteiger partial charge >= 0.3 is 0 Å². The first kappa shape index (κ1) is 12.6. The van der Waals surface area contributed by atoms with E-state index in [0.717, 1.165) is 20.4 Å². The second kappa shape index (κ2) is 4.80. The monoisotopic (exact) mass is 270 g/mol. The Kier molecular flexibility index (Phi) is 3.56. The number of benzene rings is 1. The molecule has 0 radical (unpaired) electrons. The summed E-state index contributed by atoms with van der Waals surface area (Å²) in [6.45, 7) is 4.79. The molecule has 0 saturated carbocycles. The molecule has 3 nitrogen and oxygen atoms in total. The number of anilines is 1. The number of nitrogens with one attached hydrogen (secondary N) is 1. The van der Waals surface area contributed by atoms with Crippen molar-refractivity contribution in [1.82, 2.24) is 4.98 Å². The highest BCUT2D eigenvalue weighted by molar-refractivity contribution is 7.22. The largest absolute Gasteiger partial charge is 0.382 e. The van der Waals surface area contributed by atoms with Crippen LogP contribution < -0.4 is 5.32 Å². The van der Waals surface area contributed by atoms with Crippen molar-refractivity contribution in [2.75, 3.05) is 19.0 Å². The lowest BCUT2D eigenvalue weighted by molar-refractivity contribution is 0.158. The molecule has 0 bridgehead atoms. The lowest BCUT2D eigenvalue weighted by Gasteiger charge is -2.24. The second-order valence-electron chi connectivity index (χ2n) is 4.57. The highest BCUT2D eigenvalue weighted by Crippen LogP contribution is 2.29. The molecular formula is C12H15ClN2OS. The maximum Gasteiger partial charge on any atom is 0.184 e. The van der Waals surface area contributed by atoms with Gasteiger partial charge in [-0.15, -0.1) is 0 Å². The Morgan fingerprint density at radius 2 is 2.24 bits per heavy atom. The van der Waals surface area contributed by atoms with Gasteiger partial charge in [-0.25, -0.2) is 4.98 Å². The molecule has 0 aliphatic heterocycles. The smallest absolute Gasteiger partial charge is 0.184 e. The van der Waals surface area contributed by atoms with Crippen molar-refractivity contribution >= 4 is 38.3 Å². The summed E-state index contributed by atoms with van der Waals surface area (Å²) in [5.74, 6) is 0. The molecule has 1 aromatic carbocycles. The van der Waals surface area contributed by atoms with Crippen molar-refractivity contribution in [3.05, 3.63) is 23.2 Å². The number of fused-ring (bicyclic) bond motifs is 1. The molecule has 0 spiro atoms. The summed E-state index contributed by atoms with van der Waals surface area (Å²) >= 11 is 7.55. The average Bonchev–Trinajstić information content (AvgIpc) is 2.57. The summed E-state index contributed by atoms with van der Waals surface area (Å²) in [7, 11) is 1.70. The number of rotatable bonds is 4. The molecule has 1 N–H and O–H groups in total. The van der Waals surface area contributed by atoms with Gasteiger partial charge in [-0.05, 0) is 32.0 Å². The number of hydrogen-bond donors (Lipinski definition) is 1. The quantitative estimate of drug-likeness (QED) is 0.918. The number of nitrogens with zero attached hydrogens (tertiary/aromatic N) is 1. The van der Waals surface area contributed by atoms with E-state index in [9.17, 15) is 0 Å². The summed E-state index contributed by atoms with van der Waals surface area (Å²) in [6, 6.07) is 5.72. The minimum absolute atomic E-state index is 0.133. The maximum absolute atomic E-state index is 5.95. The van der Waals surface area contributed by atoms with E-state index in [0.29, 0.717) is 6.61 Å². The first-order valence-corrected chi connectivity index (χ1v) is 6.53. The summed E-state index contributed by atoms with van der Waals surface area (Å²) < 4.78 is 6.26. The molecule has 1 heterocycles. The van der Waals surface area contributed by atoms with Crippen LogP contribution in [-0.2, 0) is 4.74 Å². The van der Waals surface area contributed by atoms with E-state index in [4.69, 9.17) is 16.3 Å². The normalized spacial score (nSPS) is 12.0. The Hall–Kier alpha value is -0.840. The van der Waals surface area contributed by atoms with Crippen molar-refractivity contribution in [2.24, 2.45) is 0 Å². The van der Waals surface area contributed by atoms with Gasteiger partial charge in [-0.2, -0.15) is 0 Å². The van der Waals surface area contributed by atoms with Crippen LogP contribution >= 0.6 is 22.9 Å². The average molecular weight is 271 g/mol. The molecule has 0 unspecified atom stereocenters. The molecule has 0 amide bonds. The lowest BCUT2D eigenvalue weighted by atomic mass is 10.1. The molecule has 1 aromatic heterocycles. The molecule has 0 fully saturated rings. The summed E-state index contributed by atoms with van der Waals surface area (Å²) in [4.78, 5) is 4.51. The fourth-order valence-corrected chi connectivity index (χ4v) is 2.96. The van der Waals surface area contributed by atoms with Crippen LogP contribution in [0.5, 0.6) is 0 Å². The SMILES string of the molecule is COCC(C)(C)Nc1nc2ccc(Cl)cc2s1. The Balaban J connectivity index is 2.25. The molecule has 5 heteroatoms. The zero-order chi connectivity index (χ0) is 12.5. The molecule has 0 atom stereocenters. The molecule has 0 saturated heterocycles. The molecule has 0 aliphatic carbocycles. The van der Waals surface area contributed by atoms with Gasteiger partial charge < -0.3 is 10.1 Å². The van der Waals surface area contributed by atoms with E-state index in [2.05, 4.69) is 24.1 Å². The van der Waals surface area contributed by atoms with E-state index >= 15 is 0 Å². The minimum Gasteiger partial charge on any atom is -0.382 e. The van der Waals surface area contributed by atoms with Crippen LogP contribution in [0.4, 0.5) is 5.13 Å². The Labute approximate surface area is 110 Å². The van der Waals surface area contributed by atoms with Crippen molar-refractivity contribution in [1.29, 1.82) is 0 Å². The van der Waals surface area contributed by atoms with E-state index < -0.39 is 0 Å². The summed E-state index contributed by atoms with van der Waals surface area (Å²) in [5.41, 5.74) is 0.835. The van der Waals surface area contributed by atoms with Crippen LogP contribution in [0.1, 0.15) is 13.8 Å². The van der Waals surface area contributed by atoms with Crippen molar-refractivity contribution < 1.29 is 4.74 Å². The number of hydrogen-bond acceptors (Lipinski definition) is 4. The van der Waals surface area contributed by atoms with Crippen LogP contribution in [0.3, 0.4) is 0 Å². The maximum atomic E-state index is 5.95. The van der Waals surface area contributed by atoms with E-state index in [1.807, 2.05) is 18.2 Å². The Morgan fingerprint density at radius 3 is 2.94 bits per heavy atom. The van der Waals surface area contributed by atoms with Gasteiger partial charge in [0.2, 0.25) is 0 Å². The van der Waals surface area contributed by atoms with Crippen LogP contribution in [-0.4, -0.2) is 24.2 Å². The Bertz CT molecular complexity index is 524. The second-order valence-corrected chi connectivity index (χ2v) is 6.04. The zero-order valence-corrected chi connectivity index (χ0v) is 11.7. The third kappa shape index (κ3) is 3.09. The van der Waals surface area contributed by atoms with E-state index in [1.165, 1.54) is 0 Å². The van der Waals surface area contributed by atoms with Gasteiger partial charge in [0.1, 0.15) is 0 Å². The predicted octanol–water partition coefficient (Wildman–Crippen LogP) is 3.79. The molecule has 2 rings (SSSR count). The van der Waals surface area contributed by atoms with Gasteiger partial charge in [0.25, 0.3) is 0 Å². The summed E-state index contributed by atoms with van der Waals surface area (Å²) in [5, 5.41) is 5.00. The fraction of sp³-hybridized carbons (Fsp3) is 0.417. The number of aromatic nitrogens is 1. The molecule has 0 aliphatic rings. The first-order chi connectivity index (χ1) is 8.00. The van der Waals surface area contributed by atoms with Gasteiger partial charge in [0.15, 0.2) is 5.13 Å². The lowest BCUT2D eigenvalue weighted by Crippen LogP contribution is -2.35. The third-order valence-electron chi connectivity index (χ3n) is 2.30. The zero-order valence-electron chi connectivity index (χ0n) is 10.1. The molecule has 2 aromatic rings. The highest BCUT2D eigenvalue weighted by Gasteiger charge is 2.18. The van der Waals surface area contributed by atoms with Crippen molar-refractivity contribution in [3.8, 4) is 0 Å². The van der Waals surface area contributed by atoms with Gasteiger partial charge in [-0.1, -0.05) is 22.9 Å². The standard InChI is InChI=1S/C12H15ClN2OS/c1-12(2,7-16-3)15-11-14-9-5-4-8(13)6-10(9)17-11/h4-6H,7H2,1-3H3,(H,14,15). The van der Waals surface area contributed by atoms with Gasteiger partial charge in [-0.3, -0.25) is 0 Å². The van der Waals surface area contributed by atoms with Crippen molar-refractivity contribution in [3.63, 3.8) is 0 Å². The first-order valence-electron chi connectivity index (χ1n) is 5.33.